The monoisotopic (exact) mass is 307 g/mol. The summed E-state index contributed by atoms with van der Waals surface area (Å²) in [4.78, 5) is 14.3. The standard InChI is InChI=1S/C15H25N5O2/c1-11-9-19(7-5-15(11,22)12-3-2-4-12)14(21)13-10-20(8-6-16)18-17-13/h10-12,22H,2-9,16H2,1H3/t11-,15+/m1/s1. The van der Waals surface area contributed by atoms with E-state index in [-0.39, 0.29) is 11.8 Å². The van der Waals surface area contributed by atoms with Gasteiger partial charge in [-0.15, -0.1) is 5.10 Å². The molecule has 0 unspecified atom stereocenters. The molecule has 2 fully saturated rings. The number of nitrogens with zero attached hydrogens (tertiary/aromatic N) is 4. The predicted molar refractivity (Wildman–Crippen MR) is 81.1 cm³/mol. The van der Waals surface area contributed by atoms with Crippen molar-refractivity contribution in [2.75, 3.05) is 19.6 Å². The summed E-state index contributed by atoms with van der Waals surface area (Å²) in [5.74, 6) is 0.394. The first-order chi connectivity index (χ1) is 10.5. The van der Waals surface area contributed by atoms with E-state index in [9.17, 15) is 9.90 Å². The molecule has 0 radical (unpaired) electrons. The van der Waals surface area contributed by atoms with Gasteiger partial charge in [0.25, 0.3) is 5.91 Å². The quantitative estimate of drug-likeness (QED) is 0.831. The first kappa shape index (κ1) is 15.4. The van der Waals surface area contributed by atoms with Gasteiger partial charge in [-0.2, -0.15) is 0 Å². The molecule has 1 aromatic heterocycles. The lowest BCUT2D eigenvalue weighted by Gasteiger charge is -2.50. The number of amides is 1. The van der Waals surface area contributed by atoms with Crippen LogP contribution in [0.15, 0.2) is 6.20 Å². The van der Waals surface area contributed by atoms with E-state index in [1.807, 2.05) is 6.92 Å². The van der Waals surface area contributed by atoms with Crippen LogP contribution in [0.25, 0.3) is 0 Å². The Balaban J connectivity index is 1.65. The Morgan fingerprint density at radius 1 is 1.55 bits per heavy atom. The van der Waals surface area contributed by atoms with Crippen LogP contribution in [-0.4, -0.2) is 56.1 Å². The lowest BCUT2D eigenvalue weighted by molar-refractivity contribution is -0.122. The molecule has 0 spiro atoms. The Bertz CT molecular complexity index is 542. The number of nitrogens with two attached hydrogens (primary N) is 1. The largest absolute Gasteiger partial charge is 0.389 e. The van der Waals surface area contributed by atoms with Gasteiger partial charge in [0.05, 0.1) is 18.3 Å². The summed E-state index contributed by atoms with van der Waals surface area (Å²) in [5.41, 5.74) is 5.22. The van der Waals surface area contributed by atoms with Crippen LogP contribution in [0, 0.1) is 11.8 Å². The maximum Gasteiger partial charge on any atom is 0.276 e. The topological polar surface area (TPSA) is 97.3 Å². The molecule has 0 bridgehead atoms. The summed E-state index contributed by atoms with van der Waals surface area (Å²) in [6, 6.07) is 0. The van der Waals surface area contributed by atoms with Crippen molar-refractivity contribution in [1.29, 1.82) is 0 Å². The van der Waals surface area contributed by atoms with Crippen molar-refractivity contribution in [2.45, 2.75) is 44.8 Å². The average Bonchev–Trinajstić information content (AvgIpc) is 2.88. The maximum absolute atomic E-state index is 12.5. The molecule has 1 saturated carbocycles. The number of rotatable bonds is 4. The van der Waals surface area contributed by atoms with E-state index in [0.717, 1.165) is 12.8 Å². The molecule has 1 saturated heterocycles. The van der Waals surface area contributed by atoms with Crippen LogP contribution in [0.3, 0.4) is 0 Å². The van der Waals surface area contributed by atoms with Gasteiger partial charge in [0.15, 0.2) is 5.69 Å². The number of likely N-dealkylation sites (tertiary alicyclic amines) is 1. The van der Waals surface area contributed by atoms with Gasteiger partial charge in [0, 0.05) is 25.6 Å². The summed E-state index contributed by atoms with van der Waals surface area (Å²) in [5, 5.41) is 18.8. The highest BCUT2D eigenvalue weighted by molar-refractivity contribution is 5.92. The maximum atomic E-state index is 12.5. The zero-order valence-corrected chi connectivity index (χ0v) is 13.1. The molecule has 0 aromatic carbocycles. The SMILES string of the molecule is C[C@@H]1CN(C(=O)c2cn(CCN)nn2)CC[C@@]1(O)C1CCC1. The second-order valence-electron chi connectivity index (χ2n) is 6.68. The summed E-state index contributed by atoms with van der Waals surface area (Å²) >= 11 is 0. The summed E-state index contributed by atoms with van der Waals surface area (Å²) in [6.45, 7) is 4.23. The number of piperidine rings is 1. The highest BCUT2D eigenvalue weighted by Crippen LogP contribution is 2.44. The van der Waals surface area contributed by atoms with Gasteiger partial charge in [-0.25, -0.2) is 0 Å². The van der Waals surface area contributed by atoms with Crippen molar-refractivity contribution < 1.29 is 9.90 Å². The fourth-order valence-electron chi connectivity index (χ4n) is 3.64. The van der Waals surface area contributed by atoms with Crippen molar-refractivity contribution in [3.05, 3.63) is 11.9 Å². The van der Waals surface area contributed by atoms with Crippen LogP contribution in [0.4, 0.5) is 0 Å². The molecule has 1 aromatic rings. The van der Waals surface area contributed by atoms with Crippen molar-refractivity contribution in [1.82, 2.24) is 19.9 Å². The van der Waals surface area contributed by atoms with Crippen LogP contribution in [0.1, 0.15) is 43.1 Å². The van der Waals surface area contributed by atoms with Crippen molar-refractivity contribution in [3.8, 4) is 0 Å². The third-order valence-electron chi connectivity index (χ3n) is 5.35. The van der Waals surface area contributed by atoms with Gasteiger partial charge in [-0.1, -0.05) is 18.6 Å². The third kappa shape index (κ3) is 2.63. The Kier molecular flexibility index (Phi) is 4.18. The number of carbonyl (C=O) groups is 1. The molecular formula is C15H25N5O2. The van der Waals surface area contributed by atoms with Crippen LogP contribution in [0.2, 0.25) is 0 Å². The van der Waals surface area contributed by atoms with Crippen LogP contribution >= 0.6 is 0 Å². The summed E-state index contributed by atoms with van der Waals surface area (Å²) in [7, 11) is 0. The smallest absolute Gasteiger partial charge is 0.276 e. The molecule has 2 atom stereocenters. The van der Waals surface area contributed by atoms with Gasteiger partial charge in [-0.05, 0) is 25.2 Å². The highest BCUT2D eigenvalue weighted by Gasteiger charge is 2.47. The second-order valence-corrected chi connectivity index (χ2v) is 6.68. The third-order valence-corrected chi connectivity index (χ3v) is 5.35. The fourth-order valence-corrected chi connectivity index (χ4v) is 3.64. The fraction of sp³-hybridized carbons (Fsp3) is 0.800. The number of aliphatic hydroxyl groups is 1. The molecule has 1 aliphatic carbocycles. The molecule has 3 rings (SSSR count). The number of carbonyl (C=O) groups excluding carboxylic acids is 1. The van der Waals surface area contributed by atoms with Gasteiger partial charge in [-0.3, -0.25) is 9.48 Å². The first-order valence-electron chi connectivity index (χ1n) is 8.16. The van der Waals surface area contributed by atoms with Gasteiger partial charge < -0.3 is 15.7 Å². The van der Waals surface area contributed by atoms with E-state index in [0.29, 0.717) is 44.2 Å². The molecule has 1 amide bonds. The van der Waals surface area contributed by atoms with E-state index < -0.39 is 5.60 Å². The van der Waals surface area contributed by atoms with Crippen molar-refractivity contribution in [2.24, 2.45) is 17.6 Å². The van der Waals surface area contributed by atoms with E-state index in [1.165, 1.54) is 6.42 Å². The Labute approximate surface area is 130 Å². The lowest BCUT2D eigenvalue weighted by atomic mass is 9.65. The second kappa shape index (κ2) is 5.96. The van der Waals surface area contributed by atoms with E-state index in [1.54, 1.807) is 15.8 Å². The minimum absolute atomic E-state index is 0.0922. The minimum atomic E-state index is -0.605. The van der Waals surface area contributed by atoms with Gasteiger partial charge in [0.2, 0.25) is 0 Å². The zero-order valence-electron chi connectivity index (χ0n) is 13.1. The molecule has 22 heavy (non-hydrogen) atoms. The Morgan fingerprint density at radius 3 is 2.91 bits per heavy atom. The van der Waals surface area contributed by atoms with E-state index >= 15 is 0 Å². The van der Waals surface area contributed by atoms with Crippen molar-refractivity contribution in [3.63, 3.8) is 0 Å². The number of hydrogen-bond acceptors (Lipinski definition) is 5. The van der Waals surface area contributed by atoms with E-state index in [2.05, 4.69) is 10.3 Å². The Hall–Kier alpha value is -1.47. The Morgan fingerprint density at radius 2 is 2.32 bits per heavy atom. The number of aromatic nitrogens is 3. The lowest BCUT2D eigenvalue weighted by Crippen LogP contribution is -2.57. The van der Waals surface area contributed by atoms with E-state index in [4.69, 9.17) is 5.73 Å². The highest BCUT2D eigenvalue weighted by atomic mass is 16.3. The van der Waals surface area contributed by atoms with Gasteiger partial charge >= 0.3 is 0 Å². The predicted octanol–water partition coefficient (Wildman–Crippen LogP) is 0.250. The number of hydrogen-bond donors (Lipinski definition) is 2. The molecular weight excluding hydrogens is 282 g/mol. The molecule has 7 heteroatoms. The molecule has 2 aliphatic rings. The molecule has 7 nitrogen and oxygen atoms in total. The van der Waals surface area contributed by atoms with Crippen LogP contribution < -0.4 is 5.73 Å². The van der Waals surface area contributed by atoms with Gasteiger partial charge in [0.1, 0.15) is 0 Å². The normalized spacial score (nSPS) is 29.4. The summed E-state index contributed by atoms with van der Waals surface area (Å²) < 4.78 is 1.59. The molecule has 3 N–H and O–H groups in total. The van der Waals surface area contributed by atoms with Crippen molar-refractivity contribution >= 4 is 5.91 Å². The summed E-state index contributed by atoms with van der Waals surface area (Å²) in [6.07, 6.45) is 5.74. The first-order valence-corrected chi connectivity index (χ1v) is 8.16. The molecule has 1 aliphatic heterocycles. The average molecular weight is 307 g/mol. The zero-order chi connectivity index (χ0) is 15.7. The molecule has 122 valence electrons. The molecule has 2 heterocycles. The van der Waals surface area contributed by atoms with Crippen LogP contribution in [0.5, 0.6) is 0 Å². The van der Waals surface area contributed by atoms with Crippen LogP contribution in [-0.2, 0) is 6.54 Å². The minimum Gasteiger partial charge on any atom is -0.389 e.